The second-order valence-corrected chi connectivity index (χ2v) is 6.56. The normalized spacial score (nSPS) is 17.6. The maximum atomic E-state index is 12.7. The van der Waals surface area contributed by atoms with Crippen LogP contribution in [0.5, 0.6) is 0 Å². The predicted octanol–water partition coefficient (Wildman–Crippen LogP) is 4.88. The van der Waals surface area contributed by atoms with Gasteiger partial charge in [0.2, 0.25) is 0 Å². The zero-order valence-electron chi connectivity index (χ0n) is 13.8. The molecule has 5 heteroatoms. The summed E-state index contributed by atoms with van der Waals surface area (Å²) in [5, 5.41) is 3.95. The molecule has 0 radical (unpaired) electrons. The highest BCUT2D eigenvalue weighted by atomic mass is 35.5. The Labute approximate surface area is 147 Å². The Kier molecular flexibility index (Phi) is 5.36. The highest BCUT2D eigenvalue weighted by Gasteiger charge is 2.26. The number of carbonyl (C=O) groups is 1. The van der Waals surface area contributed by atoms with Crippen LogP contribution in [-0.4, -0.2) is 28.4 Å². The molecule has 126 valence electrons. The molecule has 24 heavy (non-hydrogen) atoms. The van der Waals surface area contributed by atoms with E-state index in [-0.39, 0.29) is 5.91 Å². The average molecular weight is 344 g/mol. The highest BCUT2D eigenvalue weighted by Crippen LogP contribution is 2.22. The van der Waals surface area contributed by atoms with E-state index in [1.54, 1.807) is 12.3 Å². The minimum absolute atomic E-state index is 0.0413. The Morgan fingerprint density at radius 2 is 1.96 bits per heavy atom. The third-order valence-corrected chi connectivity index (χ3v) is 4.73. The molecule has 0 bridgehead atoms. The van der Waals surface area contributed by atoms with E-state index in [0.29, 0.717) is 16.8 Å². The van der Waals surface area contributed by atoms with Gasteiger partial charge in [-0.05, 0) is 62.1 Å². The lowest BCUT2D eigenvalue weighted by Crippen LogP contribution is -2.43. The minimum atomic E-state index is 0.0413. The van der Waals surface area contributed by atoms with E-state index in [9.17, 15) is 4.79 Å². The number of nitrogens with zero attached hydrogens (tertiary/aromatic N) is 2. The standard InChI is InChI=1S/C19H22ClN3O/c1-2-17-5-3-4-12-23(17)19(24)18-11-10-16(13-21-18)22-15-8-6-14(20)7-9-15/h6-11,13,17,22H,2-5,12H2,1H3. The summed E-state index contributed by atoms with van der Waals surface area (Å²) in [7, 11) is 0. The van der Waals surface area contributed by atoms with Crippen molar-refractivity contribution in [1.29, 1.82) is 0 Å². The smallest absolute Gasteiger partial charge is 0.272 e. The Morgan fingerprint density at radius 1 is 1.21 bits per heavy atom. The van der Waals surface area contributed by atoms with Gasteiger partial charge >= 0.3 is 0 Å². The molecule has 1 N–H and O–H groups in total. The number of hydrogen-bond donors (Lipinski definition) is 1. The zero-order valence-corrected chi connectivity index (χ0v) is 14.6. The summed E-state index contributed by atoms with van der Waals surface area (Å²) in [5.41, 5.74) is 2.29. The summed E-state index contributed by atoms with van der Waals surface area (Å²) < 4.78 is 0. The molecule has 1 saturated heterocycles. The van der Waals surface area contributed by atoms with E-state index in [2.05, 4.69) is 17.2 Å². The number of anilines is 2. The Morgan fingerprint density at radius 3 is 2.62 bits per heavy atom. The number of amides is 1. The van der Waals surface area contributed by atoms with Gasteiger partial charge in [-0.25, -0.2) is 4.98 Å². The quantitative estimate of drug-likeness (QED) is 0.860. The van der Waals surface area contributed by atoms with Crippen molar-refractivity contribution in [3.63, 3.8) is 0 Å². The van der Waals surface area contributed by atoms with Crippen LogP contribution in [-0.2, 0) is 0 Å². The van der Waals surface area contributed by atoms with Gasteiger partial charge < -0.3 is 10.2 Å². The summed E-state index contributed by atoms with van der Waals surface area (Å²) in [6.07, 6.45) is 6.09. The Balaban J connectivity index is 1.69. The van der Waals surface area contributed by atoms with Crippen molar-refractivity contribution in [2.24, 2.45) is 0 Å². The Hall–Kier alpha value is -2.07. The molecule has 0 spiro atoms. The number of halogens is 1. The van der Waals surface area contributed by atoms with Gasteiger partial charge in [0.05, 0.1) is 11.9 Å². The summed E-state index contributed by atoms with van der Waals surface area (Å²) in [4.78, 5) is 19.0. The van der Waals surface area contributed by atoms with Crippen molar-refractivity contribution in [3.05, 3.63) is 53.3 Å². The number of pyridine rings is 1. The van der Waals surface area contributed by atoms with Crippen molar-refractivity contribution in [3.8, 4) is 0 Å². The molecule has 1 atom stereocenters. The fraction of sp³-hybridized carbons (Fsp3) is 0.368. The number of piperidine rings is 1. The van der Waals surface area contributed by atoms with E-state index in [1.807, 2.05) is 35.2 Å². The molecule has 1 aliphatic rings. The molecule has 0 aliphatic carbocycles. The van der Waals surface area contributed by atoms with Crippen LogP contribution in [0.3, 0.4) is 0 Å². The van der Waals surface area contributed by atoms with E-state index >= 15 is 0 Å². The summed E-state index contributed by atoms with van der Waals surface area (Å²) in [6.45, 7) is 2.98. The second kappa shape index (κ2) is 7.67. The van der Waals surface area contributed by atoms with Gasteiger partial charge in [-0.3, -0.25) is 4.79 Å². The molecule has 1 fully saturated rings. The largest absolute Gasteiger partial charge is 0.354 e. The maximum Gasteiger partial charge on any atom is 0.272 e. The first-order valence-corrected chi connectivity index (χ1v) is 8.85. The molecule has 4 nitrogen and oxygen atoms in total. The van der Waals surface area contributed by atoms with Crippen LogP contribution < -0.4 is 5.32 Å². The zero-order chi connectivity index (χ0) is 16.9. The topological polar surface area (TPSA) is 45.2 Å². The number of nitrogens with one attached hydrogen (secondary N) is 1. The van der Waals surface area contributed by atoms with Crippen LogP contribution in [0.4, 0.5) is 11.4 Å². The highest BCUT2D eigenvalue weighted by molar-refractivity contribution is 6.30. The molecule has 2 heterocycles. The SMILES string of the molecule is CCC1CCCCN1C(=O)c1ccc(Nc2ccc(Cl)cc2)cn1. The second-order valence-electron chi connectivity index (χ2n) is 6.12. The van der Waals surface area contributed by atoms with Crippen molar-refractivity contribution >= 4 is 28.9 Å². The number of hydrogen-bond acceptors (Lipinski definition) is 3. The number of benzene rings is 1. The lowest BCUT2D eigenvalue weighted by atomic mass is 9.99. The van der Waals surface area contributed by atoms with E-state index in [1.165, 1.54) is 6.42 Å². The Bertz CT molecular complexity index is 685. The van der Waals surface area contributed by atoms with Crippen LogP contribution in [0.1, 0.15) is 43.1 Å². The number of carbonyl (C=O) groups excluding carboxylic acids is 1. The van der Waals surface area contributed by atoms with Crippen LogP contribution >= 0.6 is 11.6 Å². The monoisotopic (exact) mass is 343 g/mol. The first kappa shape index (κ1) is 16.8. The molecular formula is C19H22ClN3O. The fourth-order valence-corrected chi connectivity index (χ4v) is 3.26. The van der Waals surface area contributed by atoms with Crippen molar-refractivity contribution in [2.75, 3.05) is 11.9 Å². The third kappa shape index (κ3) is 3.88. The van der Waals surface area contributed by atoms with E-state index < -0.39 is 0 Å². The maximum absolute atomic E-state index is 12.7. The van der Waals surface area contributed by atoms with Crippen molar-refractivity contribution in [2.45, 2.75) is 38.6 Å². The molecule has 2 aromatic rings. The molecule has 1 aromatic carbocycles. The molecule has 0 saturated carbocycles. The predicted molar refractivity (Wildman–Crippen MR) is 97.9 cm³/mol. The van der Waals surface area contributed by atoms with Gasteiger partial charge in [-0.2, -0.15) is 0 Å². The van der Waals surface area contributed by atoms with Gasteiger partial charge in [-0.1, -0.05) is 18.5 Å². The fourth-order valence-electron chi connectivity index (χ4n) is 3.13. The summed E-state index contributed by atoms with van der Waals surface area (Å²) >= 11 is 5.89. The van der Waals surface area contributed by atoms with Gasteiger partial charge in [0.15, 0.2) is 0 Å². The minimum Gasteiger partial charge on any atom is -0.354 e. The van der Waals surface area contributed by atoms with E-state index in [4.69, 9.17) is 11.6 Å². The van der Waals surface area contributed by atoms with Gasteiger partial charge in [0, 0.05) is 23.3 Å². The molecule has 1 aromatic heterocycles. The first-order valence-electron chi connectivity index (χ1n) is 8.47. The van der Waals surface area contributed by atoms with Crippen LogP contribution in [0, 0.1) is 0 Å². The molecule has 1 unspecified atom stereocenters. The summed E-state index contributed by atoms with van der Waals surface area (Å²) in [5.74, 6) is 0.0413. The van der Waals surface area contributed by atoms with Crippen molar-refractivity contribution < 1.29 is 4.79 Å². The van der Waals surface area contributed by atoms with Crippen LogP contribution in [0.15, 0.2) is 42.6 Å². The molecule has 3 rings (SSSR count). The number of likely N-dealkylation sites (tertiary alicyclic amines) is 1. The van der Waals surface area contributed by atoms with Crippen LogP contribution in [0.2, 0.25) is 5.02 Å². The lowest BCUT2D eigenvalue weighted by Gasteiger charge is -2.35. The van der Waals surface area contributed by atoms with Gasteiger partial charge in [0.1, 0.15) is 5.69 Å². The number of rotatable bonds is 4. The van der Waals surface area contributed by atoms with Gasteiger partial charge in [-0.15, -0.1) is 0 Å². The van der Waals surface area contributed by atoms with Gasteiger partial charge in [0.25, 0.3) is 5.91 Å². The van der Waals surface area contributed by atoms with E-state index in [0.717, 1.165) is 37.2 Å². The summed E-state index contributed by atoms with van der Waals surface area (Å²) in [6, 6.07) is 11.5. The van der Waals surface area contributed by atoms with Crippen LogP contribution in [0.25, 0.3) is 0 Å². The molecular weight excluding hydrogens is 322 g/mol. The lowest BCUT2D eigenvalue weighted by molar-refractivity contribution is 0.0602. The third-order valence-electron chi connectivity index (χ3n) is 4.47. The molecule has 1 aliphatic heterocycles. The van der Waals surface area contributed by atoms with Crippen molar-refractivity contribution in [1.82, 2.24) is 9.88 Å². The average Bonchev–Trinajstić information content (AvgIpc) is 2.63. The number of aromatic nitrogens is 1. The first-order chi connectivity index (χ1) is 11.7. The molecule has 1 amide bonds.